The number of carbonyl (C=O) groups excluding carboxylic acids is 1. The number of halogens is 2. The number of thiazole rings is 1. The Balaban J connectivity index is 1.39. The van der Waals surface area contributed by atoms with Crippen molar-refractivity contribution in [2.24, 2.45) is 5.92 Å². The van der Waals surface area contributed by atoms with Crippen LogP contribution in [0.2, 0.25) is 5.02 Å². The number of fused-ring (bicyclic) bond motifs is 1. The van der Waals surface area contributed by atoms with E-state index in [9.17, 15) is 9.18 Å². The monoisotopic (exact) mass is 389 g/mol. The van der Waals surface area contributed by atoms with Gasteiger partial charge in [0.2, 0.25) is 5.91 Å². The molecule has 26 heavy (non-hydrogen) atoms. The van der Waals surface area contributed by atoms with Crippen LogP contribution in [0.15, 0.2) is 42.5 Å². The molecule has 1 saturated heterocycles. The van der Waals surface area contributed by atoms with E-state index in [4.69, 9.17) is 11.6 Å². The van der Waals surface area contributed by atoms with E-state index in [1.165, 1.54) is 23.5 Å². The van der Waals surface area contributed by atoms with Crippen molar-refractivity contribution < 1.29 is 9.18 Å². The number of rotatable bonds is 3. The van der Waals surface area contributed by atoms with Gasteiger partial charge in [-0.2, -0.15) is 0 Å². The van der Waals surface area contributed by atoms with Gasteiger partial charge < -0.3 is 10.2 Å². The van der Waals surface area contributed by atoms with E-state index < -0.39 is 0 Å². The van der Waals surface area contributed by atoms with Crippen LogP contribution >= 0.6 is 22.9 Å². The second kappa shape index (κ2) is 7.21. The van der Waals surface area contributed by atoms with Crippen molar-refractivity contribution >= 4 is 49.9 Å². The fraction of sp³-hybridized carbons (Fsp3) is 0.263. The van der Waals surface area contributed by atoms with Crippen molar-refractivity contribution in [3.8, 4) is 0 Å². The first-order valence-corrected chi connectivity index (χ1v) is 9.65. The number of anilines is 2. The van der Waals surface area contributed by atoms with Crippen LogP contribution in [0.1, 0.15) is 12.8 Å². The summed E-state index contributed by atoms with van der Waals surface area (Å²) in [6, 6.07) is 11.8. The zero-order valence-electron chi connectivity index (χ0n) is 13.9. The molecule has 1 aliphatic heterocycles. The van der Waals surface area contributed by atoms with Crippen molar-refractivity contribution in [2.45, 2.75) is 12.8 Å². The van der Waals surface area contributed by atoms with Gasteiger partial charge in [0, 0.05) is 29.7 Å². The molecular weight excluding hydrogens is 373 g/mol. The Labute approximate surface area is 159 Å². The Bertz CT molecular complexity index is 953. The molecule has 3 aromatic rings. The minimum atomic E-state index is -0.246. The fourth-order valence-electron chi connectivity index (χ4n) is 3.17. The lowest BCUT2D eigenvalue weighted by atomic mass is 9.96. The molecule has 0 unspecified atom stereocenters. The zero-order valence-corrected chi connectivity index (χ0v) is 15.5. The molecule has 0 bridgehead atoms. The Hall–Kier alpha value is -2.18. The summed E-state index contributed by atoms with van der Waals surface area (Å²) in [6.45, 7) is 1.52. The van der Waals surface area contributed by atoms with Gasteiger partial charge in [-0.05, 0) is 49.2 Å². The first-order chi connectivity index (χ1) is 12.6. The van der Waals surface area contributed by atoms with Crippen molar-refractivity contribution in [1.29, 1.82) is 0 Å². The van der Waals surface area contributed by atoms with E-state index in [-0.39, 0.29) is 17.6 Å². The van der Waals surface area contributed by atoms with E-state index in [0.717, 1.165) is 47.0 Å². The van der Waals surface area contributed by atoms with Gasteiger partial charge in [0.15, 0.2) is 5.13 Å². The Morgan fingerprint density at radius 2 is 2.04 bits per heavy atom. The van der Waals surface area contributed by atoms with Gasteiger partial charge in [0.25, 0.3) is 0 Å². The second-order valence-corrected chi connectivity index (χ2v) is 7.81. The van der Waals surface area contributed by atoms with Crippen LogP contribution in [0.5, 0.6) is 0 Å². The molecule has 2 aromatic carbocycles. The van der Waals surface area contributed by atoms with Crippen LogP contribution in [0.4, 0.5) is 15.2 Å². The van der Waals surface area contributed by atoms with E-state index in [0.29, 0.717) is 5.02 Å². The van der Waals surface area contributed by atoms with E-state index >= 15 is 0 Å². The normalized spacial score (nSPS) is 15.4. The predicted molar refractivity (Wildman–Crippen MR) is 105 cm³/mol. The first kappa shape index (κ1) is 17.2. The van der Waals surface area contributed by atoms with Gasteiger partial charge in [-0.15, -0.1) is 0 Å². The molecule has 4 rings (SSSR count). The molecule has 1 N–H and O–H groups in total. The maximum Gasteiger partial charge on any atom is 0.227 e. The number of hydrogen-bond donors (Lipinski definition) is 1. The lowest BCUT2D eigenvalue weighted by Gasteiger charge is -2.31. The van der Waals surface area contributed by atoms with Crippen molar-refractivity contribution in [2.75, 3.05) is 23.3 Å². The van der Waals surface area contributed by atoms with E-state index in [1.807, 2.05) is 12.1 Å². The standard InChI is InChI=1S/C19H17ClFN3OS/c20-13-2-1-3-15(10-13)22-18(25)12-6-8-24(9-7-12)19-23-16-5-4-14(21)11-17(16)26-19/h1-5,10-12H,6-9H2,(H,22,25). The second-order valence-electron chi connectivity index (χ2n) is 6.37. The predicted octanol–water partition coefficient (Wildman–Crippen LogP) is 4.94. The molecule has 0 atom stereocenters. The highest BCUT2D eigenvalue weighted by Gasteiger charge is 2.26. The molecule has 7 heteroatoms. The number of benzene rings is 2. The summed E-state index contributed by atoms with van der Waals surface area (Å²) in [5.41, 5.74) is 1.53. The molecule has 134 valence electrons. The number of piperidine rings is 1. The number of hydrogen-bond acceptors (Lipinski definition) is 4. The summed E-state index contributed by atoms with van der Waals surface area (Å²) in [5.74, 6) is -0.251. The molecular formula is C19H17ClFN3OS. The Morgan fingerprint density at radius 1 is 1.23 bits per heavy atom. The maximum absolute atomic E-state index is 13.3. The van der Waals surface area contributed by atoms with E-state index in [2.05, 4.69) is 15.2 Å². The third-order valence-electron chi connectivity index (χ3n) is 4.57. The van der Waals surface area contributed by atoms with Gasteiger partial charge in [-0.3, -0.25) is 4.79 Å². The fourth-order valence-corrected chi connectivity index (χ4v) is 4.40. The summed E-state index contributed by atoms with van der Waals surface area (Å²) in [7, 11) is 0. The SMILES string of the molecule is O=C(Nc1cccc(Cl)c1)C1CCN(c2nc3ccc(F)cc3s2)CC1. The van der Waals surface area contributed by atoms with Crippen LogP contribution in [-0.4, -0.2) is 24.0 Å². The average Bonchev–Trinajstić information content (AvgIpc) is 3.05. The Kier molecular flexibility index (Phi) is 4.78. The highest BCUT2D eigenvalue weighted by Crippen LogP contribution is 2.32. The molecule has 0 radical (unpaired) electrons. The van der Waals surface area contributed by atoms with Crippen LogP contribution in [-0.2, 0) is 4.79 Å². The van der Waals surface area contributed by atoms with Crippen LogP contribution in [0.25, 0.3) is 10.2 Å². The quantitative estimate of drug-likeness (QED) is 0.689. The van der Waals surface area contributed by atoms with Crippen molar-refractivity contribution in [3.05, 3.63) is 53.3 Å². The molecule has 0 spiro atoms. The molecule has 1 aliphatic rings. The Morgan fingerprint density at radius 3 is 2.81 bits per heavy atom. The van der Waals surface area contributed by atoms with Gasteiger partial charge in [-0.25, -0.2) is 9.37 Å². The van der Waals surface area contributed by atoms with Crippen molar-refractivity contribution in [3.63, 3.8) is 0 Å². The summed E-state index contributed by atoms with van der Waals surface area (Å²) < 4.78 is 14.2. The summed E-state index contributed by atoms with van der Waals surface area (Å²) in [5, 5.41) is 4.43. The maximum atomic E-state index is 13.3. The number of nitrogens with zero attached hydrogens (tertiary/aromatic N) is 2. The molecule has 1 amide bonds. The minimum absolute atomic E-state index is 0.0262. The largest absolute Gasteiger partial charge is 0.348 e. The highest BCUT2D eigenvalue weighted by atomic mass is 35.5. The third-order valence-corrected chi connectivity index (χ3v) is 5.88. The van der Waals surface area contributed by atoms with Crippen LogP contribution in [0, 0.1) is 11.7 Å². The first-order valence-electron chi connectivity index (χ1n) is 8.46. The average molecular weight is 390 g/mol. The molecule has 2 heterocycles. The summed E-state index contributed by atoms with van der Waals surface area (Å²) >= 11 is 7.45. The third kappa shape index (κ3) is 3.66. The van der Waals surface area contributed by atoms with Crippen LogP contribution in [0.3, 0.4) is 0 Å². The molecule has 0 aliphatic carbocycles. The smallest absolute Gasteiger partial charge is 0.227 e. The van der Waals surface area contributed by atoms with Crippen molar-refractivity contribution in [1.82, 2.24) is 4.98 Å². The van der Waals surface area contributed by atoms with Gasteiger partial charge in [0.05, 0.1) is 10.2 Å². The van der Waals surface area contributed by atoms with Gasteiger partial charge in [-0.1, -0.05) is 29.0 Å². The summed E-state index contributed by atoms with van der Waals surface area (Å²) in [4.78, 5) is 19.2. The van der Waals surface area contributed by atoms with Gasteiger partial charge >= 0.3 is 0 Å². The number of amides is 1. The number of nitrogens with one attached hydrogen (secondary N) is 1. The number of carbonyl (C=O) groups is 1. The van der Waals surface area contributed by atoms with Gasteiger partial charge in [0.1, 0.15) is 5.82 Å². The van der Waals surface area contributed by atoms with Crippen LogP contribution < -0.4 is 10.2 Å². The topological polar surface area (TPSA) is 45.2 Å². The molecule has 1 fully saturated rings. The lowest BCUT2D eigenvalue weighted by molar-refractivity contribution is -0.120. The summed E-state index contributed by atoms with van der Waals surface area (Å²) in [6.07, 6.45) is 1.52. The van der Waals surface area contributed by atoms with E-state index in [1.54, 1.807) is 18.2 Å². The minimum Gasteiger partial charge on any atom is -0.348 e. The zero-order chi connectivity index (χ0) is 18.1. The highest BCUT2D eigenvalue weighted by molar-refractivity contribution is 7.22. The molecule has 0 saturated carbocycles. The number of aromatic nitrogens is 1. The molecule has 1 aromatic heterocycles. The lowest BCUT2D eigenvalue weighted by Crippen LogP contribution is -2.38. The molecule has 4 nitrogen and oxygen atoms in total.